The van der Waals surface area contributed by atoms with Crippen LogP contribution in [0, 0.1) is 13.8 Å². The highest BCUT2D eigenvalue weighted by Crippen LogP contribution is 2.27. The molecule has 4 rings (SSSR count). The summed E-state index contributed by atoms with van der Waals surface area (Å²) in [6, 6.07) is 18.8. The number of nitrogens with one attached hydrogen (secondary N) is 1. The van der Waals surface area contributed by atoms with Gasteiger partial charge >= 0.3 is 0 Å². The van der Waals surface area contributed by atoms with Crippen LogP contribution in [0.1, 0.15) is 16.8 Å². The van der Waals surface area contributed by atoms with Crippen LogP contribution in [0.4, 0.5) is 5.69 Å². The number of amides is 1. The van der Waals surface area contributed by atoms with Crippen LogP contribution in [0.25, 0.3) is 23.0 Å². The Labute approximate surface area is 169 Å². The number of nitrogens with zero attached hydrogens (tertiary/aromatic N) is 2. The van der Waals surface area contributed by atoms with Crippen molar-refractivity contribution < 1.29 is 9.90 Å². The van der Waals surface area contributed by atoms with Gasteiger partial charge in [-0.05, 0) is 49.8 Å². The van der Waals surface area contributed by atoms with Gasteiger partial charge in [-0.2, -0.15) is 0 Å². The van der Waals surface area contributed by atoms with E-state index in [1.807, 2.05) is 60.8 Å². The van der Waals surface area contributed by atoms with Crippen molar-refractivity contribution in [2.75, 3.05) is 5.32 Å². The third kappa shape index (κ3) is 3.89. The molecule has 0 aliphatic carbocycles. The van der Waals surface area contributed by atoms with Gasteiger partial charge < -0.3 is 10.4 Å². The average Bonchev–Trinajstić information content (AvgIpc) is 3.06. The van der Waals surface area contributed by atoms with Crippen molar-refractivity contribution in [3.8, 4) is 17.0 Å². The van der Waals surface area contributed by atoms with Crippen LogP contribution in [0.3, 0.4) is 0 Å². The second-order valence-electron chi connectivity index (χ2n) is 6.98. The maximum Gasteiger partial charge on any atom is 0.248 e. The summed E-state index contributed by atoms with van der Waals surface area (Å²) in [5.74, 6) is -0.303. The molecule has 5 nitrogen and oxygen atoms in total. The van der Waals surface area contributed by atoms with E-state index in [0.717, 1.165) is 28.2 Å². The molecule has 2 aromatic heterocycles. The van der Waals surface area contributed by atoms with E-state index in [-0.39, 0.29) is 11.7 Å². The molecule has 0 radical (unpaired) electrons. The van der Waals surface area contributed by atoms with Crippen molar-refractivity contribution >= 4 is 23.3 Å². The van der Waals surface area contributed by atoms with Crippen LogP contribution < -0.4 is 5.32 Å². The third-order valence-electron chi connectivity index (χ3n) is 4.70. The molecule has 0 aliphatic heterocycles. The molecular formula is C24H21N3O2. The highest BCUT2D eigenvalue weighted by molar-refractivity contribution is 6.03. The number of para-hydroxylation sites is 2. The van der Waals surface area contributed by atoms with E-state index >= 15 is 0 Å². The topological polar surface area (TPSA) is 66.6 Å². The Hall–Kier alpha value is -3.86. The van der Waals surface area contributed by atoms with E-state index in [1.165, 1.54) is 17.7 Å². The van der Waals surface area contributed by atoms with Crippen molar-refractivity contribution in [3.63, 3.8) is 0 Å². The van der Waals surface area contributed by atoms with E-state index in [0.29, 0.717) is 5.69 Å². The minimum atomic E-state index is -0.330. The number of imidazole rings is 1. The number of aromatic hydroxyl groups is 1. The van der Waals surface area contributed by atoms with Gasteiger partial charge in [0.15, 0.2) is 0 Å². The summed E-state index contributed by atoms with van der Waals surface area (Å²) in [7, 11) is 0. The van der Waals surface area contributed by atoms with Gasteiger partial charge in [0.1, 0.15) is 11.4 Å². The summed E-state index contributed by atoms with van der Waals surface area (Å²) in [6.45, 7) is 4.07. The number of hydrogen-bond acceptors (Lipinski definition) is 3. The lowest BCUT2D eigenvalue weighted by atomic mass is 10.1. The Morgan fingerprint density at radius 3 is 2.55 bits per heavy atom. The molecule has 144 valence electrons. The molecule has 2 aromatic carbocycles. The van der Waals surface area contributed by atoms with Crippen LogP contribution in [-0.2, 0) is 4.79 Å². The summed E-state index contributed by atoms with van der Waals surface area (Å²) < 4.78 is 1.96. The number of fused-ring (bicyclic) bond motifs is 1. The normalized spacial score (nSPS) is 11.2. The number of benzene rings is 2. The molecular weight excluding hydrogens is 362 g/mol. The van der Waals surface area contributed by atoms with Gasteiger partial charge in [-0.25, -0.2) is 4.98 Å². The maximum atomic E-state index is 12.4. The van der Waals surface area contributed by atoms with Gasteiger partial charge in [0.25, 0.3) is 0 Å². The molecule has 0 atom stereocenters. The first kappa shape index (κ1) is 18.5. The zero-order valence-electron chi connectivity index (χ0n) is 16.3. The number of phenolic OH excluding ortho intramolecular Hbond substituents is 1. The number of rotatable bonds is 4. The average molecular weight is 383 g/mol. The maximum absolute atomic E-state index is 12.4. The summed E-state index contributed by atoms with van der Waals surface area (Å²) in [5.41, 5.74) is 6.09. The molecule has 0 spiro atoms. The SMILES string of the molecule is Cc1ccc(-c2nc3cc(C)ccn3c2/C=C/C(=O)Nc2ccccc2O)cc1. The van der Waals surface area contributed by atoms with Gasteiger partial charge in [0.05, 0.1) is 17.1 Å². The lowest BCUT2D eigenvalue weighted by molar-refractivity contribution is -0.111. The minimum Gasteiger partial charge on any atom is -0.506 e. The number of aromatic nitrogens is 2. The fraction of sp³-hybridized carbons (Fsp3) is 0.0833. The van der Waals surface area contributed by atoms with Crippen molar-refractivity contribution in [2.24, 2.45) is 0 Å². The molecule has 1 amide bonds. The Morgan fingerprint density at radius 2 is 1.79 bits per heavy atom. The highest BCUT2D eigenvalue weighted by Gasteiger charge is 2.13. The van der Waals surface area contributed by atoms with Crippen molar-refractivity contribution in [1.82, 2.24) is 9.38 Å². The first-order chi connectivity index (χ1) is 14.0. The predicted octanol–water partition coefficient (Wildman–Crippen LogP) is 4.98. The van der Waals surface area contributed by atoms with Crippen LogP contribution in [0.5, 0.6) is 5.75 Å². The first-order valence-corrected chi connectivity index (χ1v) is 9.34. The van der Waals surface area contributed by atoms with Gasteiger partial charge in [-0.1, -0.05) is 42.0 Å². The fourth-order valence-electron chi connectivity index (χ4n) is 3.16. The van der Waals surface area contributed by atoms with Gasteiger partial charge in [0, 0.05) is 17.8 Å². The highest BCUT2D eigenvalue weighted by atomic mass is 16.3. The van der Waals surface area contributed by atoms with E-state index in [2.05, 4.69) is 5.32 Å². The van der Waals surface area contributed by atoms with E-state index in [1.54, 1.807) is 24.3 Å². The second-order valence-corrected chi connectivity index (χ2v) is 6.98. The molecule has 2 heterocycles. The predicted molar refractivity (Wildman–Crippen MR) is 116 cm³/mol. The summed E-state index contributed by atoms with van der Waals surface area (Å²) in [4.78, 5) is 17.2. The summed E-state index contributed by atoms with van der Waals surface area (Å²) in [6.07, 6.45) is 5.16. The van der Waals surface area contributed by atoms with Gasteiger partial charge in [0.2, 0.25) is 5.91 Å². The van der Waals surface area contributed by atoms with Crippen molar-refractivity contribution in [2.45, 2.75) is 13.8 Å². The molecule has 0 saturated heterocycles. The lowest BCUT2D eigenvalue weighted by Crippen LogP contribution is -2.07. The number of carbonyl (C=O) groups excluding carboxylic acids is 1. The number of carbonyl (C=O) groups is 1. The molecule has 0 aliphatic rings. The largest absolute Gasteiger partial charge is 0.506 e. The van der Waals surface area contributed by atoms with Gasteiger partial charge in [-0.3, -0.25) is 9.20 Å². The molecule has 29 heavy (non-hydrogen) atoms. The zero-order chi connectivity index (χ0) is 20.4. The van der Waals surface area contributed by atoms with Crippen LogP contribution in [0.15, 0.2) is 72.9 Å². The quantitative estimate of drug-likeness (QED) is 0.386. The molecule has 5 heteroatoms. The molecule has 0 unspecified atom stereocenters. The van der Waals surface area contributed by atoms with Crippen molar-refractivity contribution in [3.05, 3.63) is 89.8 Å². The summed E-state index contributed by atoms with van der Waals surface area (Å²) in [5, 5.41) is 12.5. The Bertz CT molecular complexity index is 1220. The van der Waals surface area contributed by atoms with Crippen LogP contribution >= 0.6 is 0 Å². The zero-order valence-corrected chi connectivity index (χ0v) is 16.3. The van der Waals surface area contributed by atoms with Crippen LogP contribution in [0.2, 0.25) is 0 Å². The Morgan fingerprint density at radius 1 is 1.03 bits per heavy atom. The molecule has 0 saturated carbocycles. The number of phenols is 1. The fourth-order valence-corrected chi connectivity index (χ4v) is 3.16. The molecule has 0 fully saturated rings. The minimum absolute atomic E-state index is 0.0277. The number of anilines is 1. The summed E-state index contributed by atoms with van der Waals surface area (Å²) >= 11 is 0. The standard InChI is InChI=1S/C24H21N3O2/c1-16-7-9-18(10-8-16)24-20(27-14-13-17(2)15-22(27)26-24)11-12-23(29)25-19-5-3-4-6-21(19)28/h3-15,28H,1-2H3,(H,25,29)/b12-11+. The smallest absolute Gasteiger partial charge is 0.248 e. The Balaban J connectivity index is 1.72. The van der Waals surface area contributed by atoms with E-state index in [9.17, 15) is 9.90 Å². The number of pyridine rings is 1. The molecule has 2 N–H and O–H groups in total. The third-order valence-corrected chi connectivity index (χ3v) is 4.70. The molecule has 4 aromatic rings. The van der Waals surface area contributed by atoms with Gasteiger partial charge in [-0.15, -0.1) is 0 Å². The number of aryl methyl sites for hydroxylation is 2. The second kappa shape index (κ2) is 7.64. The van der Waals surface area contributed by atoms with Crippen molar-refractivity contribution in [1.29, 1.82) is 0 Å². The lowest BCUT2D eigenvalue weighted by Gasteiger charge is -2.05. The monoisotopic (exact) mass is 383 g/mol. The van der Waals surface area contributed by atoms with Crippen LogP contribution in [-0.4, -0.2) is 20.4 Å². The first-order valence-electron chi connectivity index (χ1n) is 9.34. The van der Waals surface area contributed by atoms with E-state index < -0.39 is 0 Å². The van der Waals surface area contributed by atoms with E-state index in [4.69, 9.17) is 4.98 Å². The molecule has 0 bridgehead atoms. The Kier molecular flexibility index (Phi) is 4.87. The number of hydrogen-bond donors (Lipinski definition) is 2.